The molecular formula is C30H38N4O5S. The highest BCUT2D eigenvalue weighted by Gasteiger charge is 2.40. The van der Waals surface area contributed by atoms with Gasteiger partial charge in [-0.2, -0.15) is 4.31 Å². The number of nitrogens with zero attached hydrogens (tertiary/aromatic N) is 4. The van der Waals surface area contributed by atoms with Crippen molar-refractivity contribution in [3.05, 3.63) is 48.0 Å². The number of sulfonamides is 1. The van der Waals surface area contributed by atoms with E-state index in [-0.39, 0.29) is 34.6 Å². The van der Waals surface area contributed by atoms with Crippen molar-refractivity contribution in [1.82, 2.24) is 9.21 Å². The molecule has 40 heavy (non-hydrogen) atoms. The summed E-state index contributed by atoms with van der Waals surface area (Å²) in [6.07, 6.45) is 3.60. The lowest BCUT2D eigenvalue weighted by atomic mass is 9.96. The molecule has 6 rings (SSSR count). The number of piperidine rings is 1. The van der Waals surface area contributed by atoms with Crippen LogP contribution in [0, 0.1) is 11.8 Å². The van der Waals surface area contributed by atoms with Crippen molar-refractivity contribution in [1.29, 1.82) is 0 Å². The van der Waals surface area contributed by atoms with Gasteiger partial charge in [-0.25, -0.2) is 8.42 Å². The van der Waals surface area contributed by atoms with Gasteiger partial charge in [0.15, 0.2) is 0 Å². The molecule has 1 saturated carbocycles. The number of methoxy groups -OCH3 is 1. The molecule has 0 radical (unpaired) electrons. The predicted molar refractivity (Wildman–Crippen MR) is 153 cm³/mol. The molecule has 4 aliphatic rings. The van der Waals surface area contributed by atoms with E-state index in [1.807, 2.05) is 41.0 Å². The van der Waals surface area contributed by atoms with Gasteiger partial charge in [-0.1, -0.05) is 12.1 Å². The Balaban J connectivity index is 1.06. The van der Waals surface area contributed by atoms with Crippen molar-refractivity contribution in [2.24, 2.45) is 11.8 Å². The third-order valence-corrected chi connectivity index (χ3v) is 10.8. The van der Waals surface area contributed by atoms with Crippen LogP contribution in [-0.2, 0) is 26.0 Å². The Kier molecular flexibility index (Phi) is 7.25. The second kappa shape index (κ2) is 10.7. The normalized spacial score (nSPS) is 22.4. The molecular weight excluding hydrogens is 528 g/mol. The van der Waals surface area contributed by atoms with E-state index in [2.05, 4.69) is 4.90 Å². The van der Waals surface area contributed by atoms with Crippen LogP contribution >= 0.6 is 0 Å². The van der Waals surface area contributed by atoms with Crippen molar-refractivity contribution >= 4 is 33.2 Å². The van der Waals surface area contributed by atoms with Crippen molar-refractivity contribution < 1.29 is 22.7 Å². The minimum atomic E-state index is -3.67. The van der Waals surface area contributed by atoms with E-state index in [0.29, 0.717) is 45.4 Å². The van der Waals surface area contributed by atoms with Gasteiger partial charge in [-0.3, -0.25) is 9.59 Å². The summed E-state index contributed by atoms with van der Waals surface area (Å²) < 4.78 is 34.1. The number of fused-ring (bicyclic) bond motifs is 1. The van der Waals surface area contributed by atoms with Crippen molar-refractivity contribution in [3.63, 3.8) is 0 Å². The van der Waals surface area contributed by atoms with Crippen molar-refractivity contribution in [2.45, 2.75) is 50.0 Å². The molecule has 1 aliphatic carbocycles. The first-order valence-corrected chi connectivity index (χ1v) is 15.8. The second-order valence-electron chi connectivity index (χ2n) is 11.5. The second-order valence-corrected chi connectivity index (χ2v) is 13.4. The smallest absolute Gasteiger partial charge is 0.243 e. The van der Waals surface area contributed by atoms with E-state index in [1.54, 1.807) is 25.3 Å². The Morgan fingerprint density at radius 1 is 0.825 bits per heavy atom. The average Bonchev–Trinajstić information content (AvgIpc) is 3.78. The monoisotopic (exact) mass is 566 g/mol. The lowest BCUT2D eigenvalue weighted by Crippen LogP contribution is -2.52. The standard InChI is InChI=1S/C30H38N4O5S/c1-21-19-24-20-25(9-10-26(24)34(21)30(36)22-7-8-22)40(37,38)33-13-11-23(12-14-33)29(35)32-17-15-31(16-18-32)27-5-3-4-6-28(27)39-2/h3-6,9-10,20-23H,7-8,11-19H2,1-2H3/t21-/m0/s1. The fourth-order valence-corrected chi connectivity index (χ4v) is 7.96. The molecule has 0 aromatic heterocycles. The molecule has 2 amide bonds. The van der Waals surface area contributed by atoms with Crippen LogP contribution in [0.1, 0.15) is 38.2 Å². The summed E-state index contributed by atoms with van der Waals surface area (Å²) in [4.78, 5) is 32.4. The number of para-hydroxylation sites is 2. The van der Waals surface area contributed by atoms with Crippen LogP contribution in [0.2, 0.25) is 0 Å². The molecule has 1 atom stereocenters. The molecule has 0 N–H and O–H groups in total. The van der Waals surface area contributed by atoms with E-state index in [1.165, 1.54) is 4.31 Å². The fourth-order valence-electron chi connectivity index (χ4n) is 6.44. The van der Waals surface area contributed by atoms with Crippen LogP contribution in [-0.4, -0.2) is 81.9 Å². The van der Waals surface area contributed by atoms with Gasteiger partial charge in [0, 0.05) is 62.8 Å². The van der Waals surface area contributed by atoms with Gasteiger partial charge in [0.05, 0.1) is 17.7 Å². The van der Waals surface area contributed by atoms with Crippen LogP contribution in [0.4, 0.5) is 11.4 Å². The molecule has 2 saturated heterocycles. The number of benzene rings is 2. The maximum atomic E-state index is 13.5. The van der Waals surface area contributed by atoms with Gasteiger partial charge in [0.2, 0.25) is 21.8 Å². The van der Waals surface area contributed by atoms with E-state index < -0.39 is 10.0 Å². The summed E-state index contributed by atoms with van der Waals surface area (Å²) >= 11 is 0. The number of carbonyl (C=O) groups is 2. The topological polar surface area (TPSA) is 90.5 Å². The number of rotatable bonds is 6. The first kappa shape index (κ1) is 27.1. The Labute approximate surface area is 236 Å². The molecule has 3 heterocycles. The summed E-state index contributed by atoms with van der Waals surface area (Å²) in [7, 11) is -2.01. The Morgan fingerprint density at radius 2 is 1.50 bits per heavy atom. The van der Waals surface area contributed by atoms with Gasteiger partial charge >= 0.3 is 0 Å². The van der Waals surface area contributed by atoms with Gasteiger partial charge in [-0.15, -0.1) is 0 Å². The molecule has 3 fully saturated rings. The highest BCUT2D eigenvalue weighted by atomic mass is 32.2. The molecule has 2 aromatic carbocycles. The number of anilines is 2. The maximum Gasteiger partial charge on any atom is 0.243 e. The first-order valence-electron chi connectivity index (χ1n) is 14.4. The van der Waals surface area contributed by atoms with E-state index >= 15 is 0 Å². The third-order valence-electron chi connectivity index (χ3n) is 8.89. The Morgan fingerprint density at radius 3 is 2.17 bits per heavy atom. The molecule has 0 unspecified atom stereocenters. The zero-order valence-corrected chi connectivity index (χ0v) is 24.1. The van der Waals surface area contributed by atoms with Crippen molar-refractivity contribution in [2.75, 3.05) is 56.2 Å². The number of carbonyl (C=O) groups excluding carboxylic acids is 2. The largest absolute Gasteiger partial charge is 0.495 e. The van der Waals surface area contributed by atoms with E-state index in [9.17, 15) is 18.0 Å². The van der Waals surface area contributed by atoms with Gasteiger partial charge in [0.1, 0.15) is 5.75 Å². The fraction of sp³-hybridized carbons (Fsp3) is 0.533. The third kappa shape index (κ3) is 4.96. The molecule has 0 bridgehead atoms. The summed E-state index contributed by atoms with van der Waals surface area (Å²) in [6.45, 7) is 5.44. The number of hydrogen-bond donors (Lipinski definition) is 0. The average molecular weight is 567 g/mol. The van der Waals surface area contributed by atoms with Gasteiger partial charge in [0.25, 0.3) is 0 Å². The van der Waals surface area contributed by atoms with Crippen molar-refractivity contribution in [3.8, 4) is 5.75 Å². The lowest BCUT2D eigenvalue weighted by molar-refractivity contribution is -0.137. The molecule has 10 heteroatoms. The summed E-state index contributed by atoms with van der Waals surface area (Å²) in [5.41, 5.74) is 2.80. The van der Waals surface area contributed by atoms with Crippen LogP contribution in [0.15, 0.2) is 47.4 Å². The Hall–Kier alpha value is -3.11. The van der Waals surface area contributed by atoms with E-state index in [4.69, 9.17) is 4.74 Å². The van der Waals surface area contributed by atoms with Crippen LogP contribution < -0.4 is 14.5 Å². The SMILES string of the molecule is COc1ccccc1N1CCN(C(=O)C2CCN(S(=O)(=O)c3ccc4c(c3)C[C@H](C)N4C(=O)C3CC3)CC2)CC1. The predicted octanol–water partition coefficient (Wildman–Crippen LogP) is 3.13. The van der Waals surface area contributed by atoms with Crippen LogP contribution in [0.25, 0.3) is 0 Å². The minimum absolute atomic E-state index is 0.0411. The zero-order valence-electron chi connectivity index (χ0n) is 23.3. The van der Waals surface area contributed by atoms with Crippen LogP contribution in [0.3, 0.4) is 0 Å². The molecule has 2 aromatic rings. The highest BCUT2D eigenvalue weighted by Crippen LogP contribution is 2.40. The number of ether oxygens (including phenoxy) is 1. The molecule has 214 valence electrons. The van der Waals surface area contributed by atoms with E-state index in [0.717, 1.165) is 48.6 Å². The summed E-state index contributed by atoms with van der Waals surface area (Å²) in [5.74, 6) is 1.08. The summed E-state index contributed by atoms with van der Waals surface area (Å²) in [6, 6.07) is 13.2. The highest BCUT2D eigenvalue weighted by molar-refractivity contribution is 7.89. The lowest BCUT2D eigenvalue weighted by Gasteiger charge is -2.39. The molecule has 3 aliphatic heterocycles. The van der Waals surface area contributed by atoms with Gasteiger partial charge < -0.3 is 19.4 Å². The maximum absolute atomic E-state index is 13.5. The van der Waals surface area contributed by atoms with Crippen LogP contribution in [0.5, 0.6) is 5.75 Å². The summed E-state index contributed by atoms with van der Waals surface area (Å²) in [5, 5.41) is 0. The molecule has 0 spiro atoms. The number of hydrogen-bond acceptors (Lipinski definition) is 6. The number of piperazine rings is 1. The Bertz CT molecular complexity index is 1390. The van der Waals surface area contributed by atoms with Gasteiger partial charge in [-0.05, 0) is 74.9 Å². The minimum Gasteiger partial charge on any atom is -0.495 e. The quantitative estimate of drug-likeness (QED) is 0.534. The zero-order chi connectivity index (χ0) is 28.0. The first-order chi connectivity index (χ1) is 19.3. The molecule has 9 nitrogen and oxygen atoms in total. The number of amides is 2.